The molecule has 2 saturated heterocycles. The summed E-state index contributed by atoms with van der Waals surface area (Å²) < 4.78 is 0. The van der Waals surface area contributed by atoms with E-state index < -0.39 is 22.6 Å². The Morgan fingerprint density at radius 2 is 1.93 bits per heavy atom. The van der Waals surface area contributed by atoms with Crippen LogP contribution in [-0.2, 0) is 37.5 Å². The van der Waals surface area contributed by atoms with Crippen LogP contribution in [0.2, 0.25) is 0 Å². The number of hydrogen-bond donors (Lipinski definition) is 5. The van der Waals surface area contributed by atoms with Crippen molar-refractivity contribution in [2.45, 2.75) is 11.7 Å². The minimum atomic E-state index is -1.79. The van der Waals surface area contributed by atoms with E-state index in [4.69, 9.17) is 5.11 Å². The average Bonchev–Trinajstić information content (AvgIpc) is 2.58. The fourth-order valence-electron chi connectivity index (χ4n) is 1.37. The number of hydrogen-bond acceptors (Lipinski definition) is 7. The number of carbonyl (C=O) groups is 1. The summed E-state index contributed by atoms with van der Waals surface area (Å²) in [7, 11) is 0. The minimum Gasteiger partial charge on any atom is -0.479 e. The zero-order valence-electron chi connectivity index (χ0n) is 7.77. The Labute approximate surface area is 110 Å². The van der Waals surface area contributed by atoms with Gasteiger partial charge in [0, 0.05) is 32.7 Å². The van der Waals surface area contributed by atoms with E-state index in [1.54, 1.807) is 0 Å². The van der Waals surface area contributed by atoms with E-state index in [1.165, 1.54) is 0 Å². The number of hydrazine groups is 2. The van der Waals surface area contributed by atoms with Crippen molar-refractivity contribution in [2.75, 3.05) is 0 Å². The molecule has 0 aromatic carbocycles. The van der Waals surface area contributed by atoms with Crippen LogP contribution in [0.4, 0.5) is 0 Å². The Balaban J connectivity index is 0.000000980. The van der Waals surface area contributed by atoms with Crippen molar-refractivity contribution in [2.24, 2.45) is 0 Å². The molecule has 1 atom stereocenters. The number of nitrogens with one attached hydrogen (secondary N) is 4. The molecule has 0 spiro atoms. The number of carboxylic acid groups (broad SMARTS) is 1. The van der Waals surface area contributed by atoms with Gasteiger partial charge in [0.05, 0.1) is 0 Å². The normalized spacial score (nSPS) is 32.9. The Bertz CT molecular complexity index is 279. The van der Waals surface area contributed by atoms with Crippen molar-refractivity contribution < 1.29 is 47.5 Å². The second-order valence-electron chi connectivity index (χ2n) is 2.71. The molecule has 0 aromatic heterocycles. The molecule has 1 radical (unpaired) electrons. The number of carboxylic acids is 1. The molecule has 15 heavy (non-hydrogen) atoms. The van der Waals surface area contributed by atoms with Gasteiger partial charge in [0.15, 0.2) is 6.04 Å². The van der Waals surface area contributed by atoms with Gasteiger partial charge in [-0.25, -0.2) is 4.79 Å². The van der Waals surface area contributed by atoms with Crippen molar-refractivity contribution in [3.8, 4) is 0 Å². The molecule has 10 heteroatoms. The van der Waals surface area contributed by atoms with E-state index in [2.05, 4.69) is 21.7 Å². The number of rotatable bonds is 2. The molecule has 0 amide bonds. The molecule has 2 aliphatic rings. The van der Waals surface area contributed by atoms with Crippen LogP contribution in [0.15, 0.2) is 0 Å². The molecule has 83 valence electrons. The first-order valence-electron chi connectivity index (χ1n) is 3.38. The summed E-state index contributed by atoms with van der Waals surface area (Å²) in [5, 5.41) is 19.3. The Hall–Kier alpha value is -0.186. The summed E-state index contributed by atoms with van der Waals surface area (Å²) in [4.78, 5) is 20.6. The smallest absolute Gasteiger partial charge is 0.345 e. The van der Waals surface area contributed by atoms with Gasteiger partial charge in [0.25, 0.3) is 0 Å². The monoisotopic (exact) mass is 292 g/mol. The van der Waals surface area contributed by atoms with Gasteiger partial charge in [-0.1, -0.05) is 6.17 Å². The first kappa shape index (κ1) is 14.8. The summed E-state index contributed by atoms with van der Waals surface area (Å²) in [5.74, 6) is -1.35. The molecular formula is C5H9N5O4Y-2. The number of nitro groups is 1. The largest absolute Gasteiger partial charge is 0.479 e. The number of fused-ring (bicyclic) bond motifs is 2. The quantitative estimate of drug-likeness (QED) is 0.216. The maximum Gasteiger partial charge on any atom is 0.345 e. The molecule has 1 unspecified atom stereocenters. The molecule has 0 aliphatic carbocycles. The second-order valence-corrected chi connectivity index (χ2v) is 2.71. The van der Waals surface area contributed by atoms with Gasteiger partial charge in [-0.15, -0.1) is 0 Å². The predicted molar refractivity (Wildman–Crippen MR) is 43.3 cm³/mol. The molecule has 5 N–H and O–H groups in total. The number of nitrogens with zero attached hydrogens (tertiary/aromatic N) is 1. The molecular weight excluding hydrogens is 283 g/mol. The van der Waals surface area contributed by atoms with Crippen LogP contribution in [0.25, 0.3) is 0 Å². The summed E-state index contributed by atoms with van der Waals surface area (Å²) in [6, 6.07) is -1.36. The van der Waals surface area contributed by atoms with Crippen molar-refractivity contribution in [3.05, 3.63) is 23.7 Å². The molecule has 2 bridgehead atoms. The van der Waals surface area contributed by atoms with Gasteiger partial charge in [-0.3, -0.25) is 21.0 Å². The summed E-state index contributed by atoms with van der Waals surface area (Å²) >= 11 is 0. The molecule has 2 aliphatic heterocycles. The van der Waals surface area contributed by atoms with Gasteiger partial charge < -0.3 is 23.4 Å². The maximum absolute atomic E-state index is 10.8. The molecule has 2 rings (SSSR count). The fraction of sp³-hybridized carbons (Fsp3) is 0.400. The van der Waals surface area contributed by atoms with E-state index in [0.29, 0.717) is 0 Å². The summed E-state index contributed by atoms with van der Waals surface area (Å²) in [6.45, 7) is 0. The maximum atomic E-state index is 10.8. The molecule has 0 saturated carbocycles. The van der Waals surface area contributed by atoms with E-state index in [-0.39, 0.29) is 46.3 Å². The second kappa shape index (κ2) is 4.77. The molecule has 0 aromatic rings. The van der Waals surface area contributed by atoms with Gasteiger partial charge in [0.2, 0.25) is 5.66 Å². The SMILES string of the molecule is O=C(O)C12NN[C-](NN1)C2[N+](=O)[O-].[CH3-].[Y]. The standard InChI is InChI=1S/C4H6N5O4.CH3.Y/c10-3(11)4-1(9(12)13)2(5-7-4)6-8-4;;/h1,5-8H,(H,10,11);1H3;/q2*-1;. The molecule has 2 fully saturated rings. The Morgan fingerprint density at radius 3 is 2.20 bits per heavy atom. The van der Waals surface area contributed by atoms with E-state index in [1.807, 2.05) is 0 Å². The van der Waals surface area contributed by atoms with E-state index in [9.17, 15) is 14.9 Å². The van der Waals surface area contributed by atoms with Crippen LogP contribution in [0, 0.1) is 23.7 Å². The third-order valence-corrected chi connectivity index (χ3v) is 2.02. The van der Waals surface area contributed by atoms with Crippen molar-refractivity contribution >= 4 is 5.97 Å². The van der Waals surface area contributed by atoms with Crippen molar-refractivity contribution in [1.82, 2.24) is 21.7 Å². The number of aliphatic carboxylic acids is 1. The predicted octanol–water partition coefficient (Wildman–Crippen LogP) is -2.43. The van der Waals surface area contributed by atoms with Crippen LogP contribution in [0.1, 0.15) is 0 Å². The van der Waals surface area contributed by atoms with Crippen LogP contribution in [0.5, 0.6) is 0 Å². The van der Waals surface area contributed by atoms with E-state index in [0.717, 1.165) is 0 Å². The van der Waals surface area contributed by atoms with E-state index >= 15 is 0 Å². The first-order chi connectivity index (χ1) is 6.08. The Kier molecular flexibility index (Phi) is 4.71. The summed E-state index contributed by atoms with van der Waals surface area (Å²) in [5.41, 5.74) is 7.56. The van der Waals surface area contributed by atoms with Gasteiger partial charge in [-0.2, -0.15) is 0 Å². The molecule has 9 nitrogen and oxygen atoms in total. The zero-order chi connectivity index (χ0) is 9.64. The van der Waals surface area contributed by atoms with Crippen LogP contribution in [0.3, 0.4) is 0 Å². The third kappa shape index (κ3) is 1.90. The van der Waals surface area contributed by atoms with Crippen molar-refractivity contribution in [3.63, 3.8) is 0 Å². The minimum absolute atomic E-state index is 0. The van der Waals surface area contributed by atoms with Crippen LogP contribution < -0.4 is 21.7 Å². The average molecular weight is 292 g/mol. The topological polar surface area (TPSA) is 129 Å². The van der Waals surface area contributed by atoms with Crippen molar-refractivity contribution in [1.29, 1.82) is 0 Å². The summed E-state index contributed by atoms with van der Waals surface area (Å²) in [6.07, 6.45) is 0.104. The fourth-order valence-corrected chi connectivity index (χ4v) is 1.37. The third-order valence-electron chi connectivity index (χ3n) is 2.02. The first-order valence-corrected chi connectivity index (χ1v) is 3.38. The van der Waals surface area contributed by atoms with Gasteiger partial charge in [0.1, 0.15) is 0 Å². The van der Waals surface area contributed by atoms with Crippen LogP contribution in [-0.4, -0.2) is 27.7 Å². The molecule has 2 heterocycles. The van der Waals surface area contributed by atoms with Gasteiger partial charge in [-0.05, 0) is 4.92 Å². The van der Waals surface area contributed by atoms with Gasteiger partial charge >= 0.3 is 5.97 Å². The zero-order valence-corrected chi connectivity index (χ0v) is 10.6. The van der Waals surface area contributed by atoms with Crippen LogP contribution >= 0.6 is 0 Å². The Morgan fingerprint density at radius 1 is 1.47 bits per heavy atom.